The standard InChI is InChI=1S/C12H18N4O3/c17-11(6-13-5-9-1-2-9)14-3-4-16-7-10(12(18)19)15-8-16/h7-9,13H,1-6H2,(H,14,17)(H,18,19). The molecule has 1 amide bonds. The maximum atomic E-state index is 11.5. The molecule has 1 fully saturated rings. The fraction of sp³-hybridized carbons (Fsp3) is 0.583. The first-order valence-electron chi connectivity index (χ1n) is 6.37. The number of nitrogens with zero attached hydrogens (tertiary/aromatic N) is 2. The largest absolute Gasteiger partial charge is 0.476 e. The zero-order valence-corrected chi connectivity index (χ0v) is 10.6. The highest BCUT2D eigenvalue weighted by Crippen LogP contribution is 2.27. The smallest absolute Gasteiger partial charge is 0.356 e. The Hall–Kier alpha value is -1.89. The first-order chi connectivity index (χ1) is 9.15. The molecule has 0 aromatic carbocycles. The van der Waals surface area contributed by atoms with Gasteiger partial charge in [0.15, 0.2) is 5.69 Å². The summed E-state index contributed by atoms with van der Waals surface area (Å²) in [5, 5.41) is 14.6. The van der Waals surface area contributed by atoms with Crippen LogP contribution in [0.2, 0.25) is 0 Å². The monoisotopic (exact) mass is 266 g/mol. The molecule has 0 bridgehead atoms. The molecule has 1 aromatic heterocycles. The Morgan fingerprint density at radius 3 is 2.89 bits per heavy atom. The van der Waals surface area contributed by atoms with E-state index in [-0.39, 0.29) is 11.6 Å². The summed E-state index contributed by atoms with van der Waals surface area (Å²) in [6.07, 6.45) is 5.42. The third kappa shape index (κ3) is 4.70. The highest BCUT2D eigenvalue weighted by Gasteiger charge is 2.20. The van der Waals surface area contributed by atoms with Gasteiger partial charge in [0, 0.05) is 19.3 Å². The summed E-state index contributed by atoms with van der Waals surface area (Å²) in [6.45, 7) is 2.21. The zero-order valence-electron chi connectivity index (χ0n) is 10.6. The molecule has 0 unspecified atom stereocenters. The number of imidazole rings is 1. The zero-order chi connectivity index (χ0) is 13.7. The summed E-state index contributed by atoms with van der Waals surface area (Å²) in [5.74, 6) is -0.334. The lowest BCUT2D eigenvalue weighted by Crippen LogP contribution is -2.36. The number of aromatic carboxylic acids is 1. The van der Waals surface area contributed by atoms with Crippen LogP contribution in [-0.2, 0) is 11.3 Å². The highest BCUT2D eigenvalue weighted by atomic mass is 16.4. The molecule has 1 aliphatic rings. The van der Waals surface area contributed by atoms with E-state index in [0.29, 0.717) is 19.6 Å². The average Bonchev–Trinajstić information content (AvgIpc) is 3.05. The van der Waals surface area contributed by atoms with Gasteiger partial charge in [-0.25, -0.2) is 9.78 Å². The molecular formula is C12H18N4O3. The number of carbonyl (C=O) groups is 2. The van der Waals surface area contributed by atoms with Crippen molar-refractivity contribution in [2.24, 2.45) is 5.92 Å². The van der Waals surface area contributed by atoms with Gasteiger partial charge in [0.2, 0.25) is 5.91 Å². The van der Waals surface area contributed by atoms with Crippen LogP contribution in [0.3, 0.4) is 0 Å². The van der Waals surface area contributed by atoms with E-state index >= 15 is 0 Å². The first kappa shape index (κ1) is 13.5. The van der Waals surface area contributed by atoms with Gasteiger partial charge in [-0.3, -0.25) is 4.79 Å². The van der Waals surface area contributed by atoms with Gasteiger partial charge in [0.05, 0.1) is 12.9 Å². The Balaban J connectivity index is 1.59. The van der Waals surface area contributed by atoms with Crippen LogP contribution in [0.5, 0.6) is 0 Å². The molecule has 0 spiro atoms. The predicted molar refractivity (Wildman–Crippen MR) is 67.8 cm³/mol. The number of amides is 1. The summed E-state index contributed by atoms with van der Waals surface area (Å²) in [5.41, 5.74) is 0.0115. The van der Waals surface area contributed by atoms with E-state index < -0.39 is 5.97 Å². The van der Waals surface area contributed by atoms with Crippen LogP contribution in [0.15, 0.2) is 12.5 Å². The summed E-state index contributed by atoms with van der Waals surface area (Å²) in [4.78, 5) is 25.8. The van der Waals surface area contributed by atoms with Gasteiger partial charge in [0.25, 0.3) is 0 Å². The van der Waals surface area contributed by atoms with Crippen molar-refractivity contribution in [1.82, 2.24) is 20.2 Å². The minimum atomic E-state index is -1.05. The van der Waals surface area contributed by atoms with Crippen LogP contribution in [0.1, 0.15) is 23.3 Å². The summed E-state index contributed by atoms with van der Waals surface area (Å²) in [7, 11) is 0. The molecule has 0 saturated heterocycles. The van der Waals surface area contributed by atoms with E-state index in [1.807, 2.05) is 0 Å². The van der Waals surface area contributed by atoms with Crippen molar-refractivity contribution in [2.45, 2.75) is 19.4 Å². The second-order valence-corrected chi connectivity index (χ2v) is 4.73. The fourth-order valence-electron chi connectivity index (χ4n) is 1.69. The summed E-state index contributed by atoms with van der Waals surface area (Å²) >= 11 is 0. The third-order valence-electron chi connectivity index (χ3n) is 2.96. The minimum Gasteiger partial charge on any atom is -0.476 e. The second-order valence-electron chi connectivity index (χ2n) is 4.73. The molecule has 1 heterocycles. The van der Waals surface area contributed by atoms with Gasteiger partial charge in [0.1, 0.15) is 0 Å². The van der Waals surface area contributed by atoms with Crippen molar-refractivity contribution < 1.29 is 14.7 Å². The molecular weight excluding hydrogens is 248 g/mol. The molecule has 19 heavy (non-hydrogen) atoms. The molecule has 7 heteroatoms. The molecule has 7 nitrogen and oxygen atoms in total. The molecule has 2 rings (SSSR count). The van der Waals surface area contributed by atoms with Gasteiger partial charge < -0.3 is 20.3 Å². The first-order valence-corrected chi connectivity index (χ1v) is 6.37. The Bertz CT molecular complexity index is 454. The number of aromatic nitrogens is 2. The lowest BCUT2D eigenvalue weighted by Gasteiger charge is -2.06. The molecule has 1 aliphatic carbocycles. The number of hydrogen-bond acceptors (Lipinski definition) is 4. The Labute approximate surface area is 111 Å². The maximum Gasteiger partial charge on any atom is 0.356 e. The van der Waals surface area contributed by atoms with Gasteiger partial charge in [-0.1, -0.05) is 0 Å². The predicted octanol–water partition coefficient (Wildman–Crippen LogP) is -0.303. The lowest BCUT2D eigenvalue weighted by atomic mass is 10.4. The number of carboxylic acid groups (broad SMARTS) is 1. The quantitative estimate of drug-likeness (QED) is 0.600. The SMILES string of the molecule is O=C(CNCC1CC1)NCCn1cnc(C(=O)O)c1. The van der Waals surface area contributed by atoms with Crippen LogP contribution in [0.4, 0.5) is 0 Å². The van der Waals surface area contributed by atoms with Crippen LogP contribution in [0, 0.1) is 5.92 Å². The maximum absolute atomic E-state index is 11.5. The van der Waals surface area contributed by atoms with Crippen molar-refractivity contribution in [1.29, 1.82) is 0 Å². The number of hydrogen-bond donors (Lipinski definition) is 3. The van der Waals surface area contributed by atoms with E-state index in [9.17, 15) is 9.59 Å². The van der Waals surface area contributed by atoms with Crippen molar-refractivity contribution in [3.05, 3.63) is 18.2 Å². The summed E-state index contributed by atoms with van der Waals surface area (Å²) < 4.78 is 1.64. The lowest BCUT2D eigenvalue weighted by molar-refractivity contribution is -0.120. The van der Waals surface area contributed by atoms with E-state index in [0.717, 1.165) is 12.5 Å². The van der Waals surface area contributed by atoms with Gasteiger partial charge >= 0.3 is 5.97 Å². The fourth-order valence-corrected chi connectivity index (χ4v) is 1.69. The van der Waals surface area contributed by atoms with Crippen molar-refractivity contribution in [2.75, 3.05) is 19.6 Å². The van der Waals surface area contributed by atoms with Crippen molar-refractivity contribution in [3.8, 4) is 0 Å². The number of nitrogens with one attached hydrogen (secondary N) is 2. The van der Waals surface area contributed by atoms with Crippen molar-refractivity contribution in [3.63, 3.8) is 0 Å². The number of rotatable bonds is 8. The number of carboxylic acids is 1. The topological polar surface area (TPSA) is 96.3 Å². The van der Waals surface area contributed by atoms with Gasteiger partial charge in [-0.2, -0.15) is 0 Å². The normalized spacial score (nSPS) is 14.3. The Morgan fingerprint density at radius 2 is 2.26 bits per heavy atom. The third-order valence-corrected chi connectivity index (χ3v) is 2.96. The van der Waals surface area contributed by atoms with Crippen LogP contribution < -0.4 is 10.6 Å². The minimum absolute atomic E-state index is 0.0115. The molecule has 0 atom stereocenters. The van der Waals surface area contributed by atoms with E-state index in [1.54, 1.807) is 4.57 Å². The molecule has 3 N–H and O–H groups in total. The Kier molecular flexibility index (Phi) is 4.51. The molecule has 0 aliphatic heterocycles. The summed E-state index contributed by atoms with van der Waals surface area (Å²) in [6, 6.07) is 0. The van der Waals surface area contributed by atoms with E-state index in [1.165, 1.54) is 25.4 Å². The average molecular weight is 266 g/mol. The van der Waals surface area contributed by atoms with Gasteiger partial charge in [-0.05, 0) is 25.3 Å². The Morgan fingerprint density at radius 1 is 1.47 bits per heavy atom. The van der Waals surface area contributed by atoms with Crippen LogP contribution in [-0.4, -0.2) is 46.2 Å². The molecule has 0 radical (unpaired) electrons. The van der Waals surface area contributed by atoms with E-state index in [4.69, 9.17) is 5.11 Å². The molecule has 1 aromatic rings. The van der Waals surface area contributed by atoms with Gasteiger partial charge in [-0.15, -0.1) is 0 Å². The van der Waals surface area contributed by atoms with Crippen molar-refractivity contribution >= 4 is 11.9 Å². The number of carbonyl (C=O) groups excluding carboxylic acids is 1. The van der Waals surface area contributed by atoms with E-state index in [2.05, 4.69) is 15.6 Å². The molecule has 104 valence electrons. The second kappa shape index (κ2) is 6.33. The highest BCUT2D eigenvalue weighted by molar-refractivity contribution is 5.84. The van der Waals surface area contributed by atoms with Crippen LogP contribution in [0.25, 0.3) is 0 Å². The molecule has 1 saturated carbocycles. The van der Waals surface area contributed by atoms with Crippen LogP contribution >= 0.6 is 0 Å².